The number of hydrogen-bond acceptors (Lipinski definition) is 3. The number of nitrogen functional groups attached to an aromatic ring is 1. The average molecular weight is 255 g/mol. The van der Waals surface area contributed by atoms with Crippen LogP contribution >= 0.6 is 0 Å². The molecule has 0 atom stereocenters. The molecule has 1 heterocycles. The van der Waals surface area contributed by atoms with Crippen molar-refractivity contribution >= 4 is 17.3 Å². The van der Waals surface area contributed by atoms with Crippen molar-refractivity contribution in [2.24, 2.45) is 0 Å². The summed E-state index contributed by atoms with van der Waals surface area (Å²) in [6, 6.07) is 9.40. The first-order valence-electron chi connectivity index (χ1n) is 6.23. The van der Waals surface area contributed by atoms with Gasteiger partial charge in [0.15, 0.2) is 0 Å². The Balaban J connectivity index is 2.28. The van der Waals surface area contributed by atoms with E-state index in [9.17, 15) is 4.79 Å². The van der Waals surface area contributed by atoms with E-state index in [0.717, 1.165) is 17.7 Å². The molecule has 1 amide bonds. The Labute approximate surface area is 112 Å². The number of rotatable bonds is 3. The van der Waals surface area contributed by atoms with Crippen molar-refractivity contribution < 1.29 is 4.79 Å². The quantitative estimate of drug-likeness (QED) is 0.886. The predicted molar refractivity (Wildman–Crippen MR) is 77.2 cm³/mol. The minimum absolute atomic E-state index is 0.182. The molecular formula is C15H17N3O. The number of aromatic nitrogens is 1. The number of nitrogens with zero attached hydrogens (tertiary/aromatic N) is 1. The van der Waals surface area contributed by atoms with Crippen molar-refractivity contribution in [3.05, 3.63) is 53.3 Å². The molecule has 0 fully saturated rings. The van der Waals surface area contributed by atoms with Gasteiger partial charge in [-0.2, -0.15) is 0 Å². The van der Waals surface area contributed by atoms with E-state index in [1.54, 1.807) is 19.2 Å². The molecule has 1 aromatic carbocycles. The summed E-state index contributed by atoms with van der Waals surface area (Å²) in [6.45, 7) is 3.85. The van der Waals surface area contributed by atoms with Gasteiger partial charge in [-0.25, -0.2) is 0 Å². The summed E-state index contributed by atoms with van der Waals surface area (Å²) in [4.78, 5) is 16.3. The number of pyridine rings is 1. The lowest BCUT2D eigenvalue weighted by Crippen LogP contribution is -2.15. The van der Waals surface area contributed by atoms with Gasteiger partial charge in [-0.1, -0.05) is 25.1 Å². The lowest BCUT2D eigenvalue weighted by molar-refractivity contribution is 0.102. The molecule has 0 aliphatic carbocycles. The molecule has 1 aromatic heterocycles. The summed E-state index contributed by atoms with van der Waals surface area (Å²) in [5.41, 5.74) is 9.26. The first-order valence-corrected chi connectivity index (χ1v) is 6.23. The lowest BCUT2D eigenvalue weighted by atomic mass is 10.1. The molecule has 0 saturated carbocycles. The van der Waals surface area contributed by atoms with Crippen molar-refractivity contribution in [2.75, 3.05) is 11.1 Å². The minimum atomic E-state index is -0.182. The third kappa shape index (κ3) is 2.91. The van der Waals surface area contributed by atoms with E-state index in [1.807, 2.05) is 24.3 Å². The Morgan fingerprint density at radius 3 is 2.84 bits per heavy atom. The molecule has 3 N–H and O–H groups in total. The fraction of sp³-hybridized carbons (Fsp3) is 0.200. The van der Waals surface area contributed by atoms with Gasteiger partial charge in [0.2, 0.25) is 0 Å². The van der Waals surface area contributed by atoms with Crippen LogP contribution < -0.4 is 11.1 Å². The van der Waals surface area contributed by atoms with Crippen LogP contribution in [-0.2, 0) is 6.42 Å². The van der Waals surface area contributed by atoms with Gasteiger partial charge in [0, 0.05) is 5.69 Å². The van der Waals surface area contributed by atoms with Crippen molar-refractivity contribution in [3.63, 3.8) is 0 Å². The second kappa shape index (κ2) is 5.52. The highest BCUT2D eigenvalue weighted by atomic mass is 16.1. The van der Waals surface area contributed by atoms with Gasteiger partial charge in [0.25, 0.3) is 5.91 Å². The number of hydrogen-bond donors (Lipinski definition) is 2. The van der Waals surface area contributed by atoms with E-state index in [2.05, 4.69) is 17.2 Å². The van der Waals surface area contributed by atoms with Crippen LogP contribution in [0.1, 0.15) is 28.5 Å². The summed E-state index contributed by atoms with van der Waals surface area (Å²) < 4.78 is 0. The van der Waals surface area contributed by atoms with E-state index in [0.29, 0.717) is 16.9 Å². The maximum absolute atomic E-state index is 12.2. The Morgan fingerprint density at radius 1 is 1.37 bits per heavy atom. The fourth-order valence-electron chi connectivity index (χ4n) is 1.92. The Hall–Kier alpha value is -2.36. The van der Waals surface area contributed by atoms with Crippen LogP contribution in [0.15, 0.2) is 36.5 Å². The maximum atomic E-state index is 12.2. The van der Waals surface area contributed by atoms with Gasteiger partial charge in [0.1, 0.15) is 0 Å². The molecule has 0 aliphatic heterocycles. The summed E-state index contributed by atoms with van der Waals surface area (Å²) in [5, 5.41) is 2.91. The molecule has 0 bridgehead atoms. The Morgan fingerprint density at radius 2 is 2.11 bits per heavy atom. The van der Waals surface area contributed by atoms with E-state index in [-0.39, 0.29) is 5.91 Å². The largest absolute Gasteiger partial charge is 0.397 e. The van der Waals surface area contributed by atoms with Crippen LogP contribution in [0, 0.1) is 6.92 Å². The number of benzene rings is 1. The first-order chi connectivity index (χ1) is 9.11. The van der Waals surface area contributed by atoms with Crippen molar-refractivity contribution in [3.8, 4) is 0 Å². The molecule has 19 heavy (non-hydrogen) atoms. The highest BCUT2D eigenvalue weighted by Gasteiger charge is 2.12. The van der Waals surface area contributed by atoms with Crippen LogP contribution in [0.4, 0.5) is 11.4 Å². The van der Waals surface area contributed by atoms with Gasteiger partial charge >= 0.3 is 0 Å². The third-order valence-electron chi connectivity index (χ3n) is 3.00. The Kier molecular flexibility index (Phi) is 3.80. The third-order valence-corrected chi connectivity index (χ3v) is 3.00. The highest BCUT2D eigenvalue weighted by Crippen LogP contribution is 2.18. The van der Waals surface area contributed by atoms with E-state index < -0.39 is 0 Å². The van der Waals surface area contributed by atoms with Gasteiger partial charge < -0.3 is 11.1 Å². The molecule has 0 spiro atoms. The van der Waals surface area contributed by atoms with Gasteiger partial charge in [0.05, 0.1) is 23.1 Å². The van der Waals surface area contributed by atoms with Crippen LogP contribution in [0.25, 0.3) is 0 Å². The number of para-hydroxylation sites is 1. The minimum Gasteiger partial charge on any atom is -0.397 e. The van der Waals surface area contributed by atoms with Crippen molar-refractivity contribution in [1.82, 2.24) is 4.98 Å². The topological polar surface area (TPSA) is 68.0 Å². The predicted octanol–water partition coefficient (Wildman–Crippen LogP) is 2.79. The zero-order valence-corrected chi connectivity index (χ0v) is 11.1. The maximum Gasteiger partial charge on any atom is 0.257 e. The molecule has 0 radical (unpaired) electrons. The lowest BCUT2D eigenvalue weighted by Gasteiger charge is -2.11. The van der Waals surface area contributed by atoms with E-state index in [4.69, 9.17) is 5.73 Å². The van der Waals surface area contributed by atoms with Gasteiger partial charge in [-0.05, 0) is 31.0 Å². The van der Waals surface area contributed by atoms with E-state index in [1.165, 1.54) is 0 Å². The van der Waals surface area contributed by atoms with E-state index >= 15 is 0 Å². The van der Waals surface area contributed by atoms with Crippen LogP contribution in [-0.4, -0.2) is 10.9 Å². The number of carbonyl (C=O) groups excluding carboxylic acids is 1. The SMILES string of the molecule is CCc1ccccc1NC(=O)c1cc(N)cnc1C. The molecule has 2 rings (SSSR count). The summed E-state index contributed by atoms with van der Waals surface area (Å²) in [6.07, 6.45) is 2.41. The summed E-state index contributed by atoms with van der Waals surface area (Å²) in [5.74, 6) is -0.182. The number of amides is 1. The van der Waals surface area contributed by atoms with Crippen LogP contribution in [0.3, 0.4) is 0 Å². The normalized spacial score (nSPS) is 10.2. The second-order valence-electron chi connectivity index (χ2n) is 4.37. The molecule has 0 saturated heterocycles. The summed E-state index contributed by atoms with van der Waals surface area (Å²) in [7, 11) is 0. The van der Waals surface area contributed by atoms with Crippen molar-refractivity contribution in [2.45, 2.75) is 20.3 Å². The highest BCUT2D eigenvalue weighted by molar-refractivity contribution is 6.05. The molecule has 98 valence electrons. The zero-order valence-electron chi connectivity index (χ0n) is 11.1. The monoisotopic (exact) mass is 255 g/mol. The van der Waals surface area contributed by atoms with Crippen molar-refractivity contribution in [1.29, 1.82) is 0 Å². The Bertz CT molecular complexity index is 608. The number of nitrogens with one attached hydrogen (secondary N) is 1. The molecule has 0 aliphatic rings. The average Bonchev–Trinajstić information content (AvgIpc) is 2.42. The molecule has 0 unspecified atom stereocenters. The zero-order chi connectivity index (χ0) is 13.8. The van der Waals surface area contributed by atoms with Crippen LogP contribution in [0.5, 0.6) is 0 Å². The summed E-state index contributed by atoms with van der Waals surface area (Å²) >= 11 is 0. The van der Waals surface area contributed by atoms with Gasteiger partial charge in [-0.15, -0.1) is 0 Å². The van der Waals surface area contributed by atoms with Crippen LogP contribution in [0.2, 0.25) is 0 Å². The number of carbonyl (C=O) groups is 1. The smallest absolute Gasteiger partial charge is 0.257 e. The number of nitrogens with two attached hydrogens (primary N) is 1. The second-order valence-corrected chi connectivity index (χ2v) is 4.37. The number of aryl methyl sites for hydroxylation is 2. The molecule has 4 heteroatoms. The first kappa shape index (κ1) is 13.1. The molecule has 4 nitrogen and oxygen atoms in total. The van der Waals surface area contributed by atoms with Gasteiger partial charge in [-0.3, -0.25) is 9.78 Å². The standard InChI is InChI=1S/C15H17N3O/c1-3-11-6-4-5-7-14(11)18-15(19)13-8-12(16)9-17-10(13)2/h4-9H,3,16H2,1-2H3,(H,18,19). The molecular weight excluding hydrogens is 238 g/mol. The fourth-order valence-corrected chi connectivity index (χ4v) is 1.92. The molecule has 2 aromatic rings. The number of anilines is 2.